The third-order valence-electron chi connectivity index (χ3n) is 3.90. The van der Waals surface area contributed by atoms with Crippen molar-refractivity contribution >= 4 is 17.6 Å². The molecule has 0 aromatic heterocycles. The molecule has 1 heterocycles. The van der Waals surface area contributed by atoms with Crippen LogP contribution in [0.3, 0.4) is 0 Å². The van der Waals surface area contributed by atoms with E-state index in [2.05, 4.69) is 0 Å². The van der Waals surface area contributed by atoms with Crippen LogP contribution in [-0.2, 0) is 9.53 Å². The highest BCUT2D eigenvalue weighted by Crippen LogP contribution is 2.38. The zero-order valence-corrected chi connectivity index (χ0v) is 14.6. The Morgan fingerprint density at radius 2 is 1.78 bits per heavy atom. The van der Waals surface area contributed by atoms with Crippen LogP contribution in [0, 0.1) is 10.1 Å². The molecule has 2 aromatic carbocycles. The lowest BCUT2D eigenvalue weighted by Gasteiger charge is -2.21. The minimum absolute atomic E-state index is 0.100. The molecule has 1 unspecified atom stereocenters. The predicted molar refractivity (Wildman–Crippen MR) is 92.5 cm³/mol. The van der Waals surface area contributed by atoms with Crippen LogP contribution >= 0.6 is 0 Å². The van der Waals surface area contributed by atoms with Gasteiger partial charge in [0.05, 0.1) is 11.0 Å². The van der Waals surface area contributed by atoms with Gasteiger partial charge in [-0.3, -0.25) is 14.9 Å². The highest BCUT2D eigenvalue weighted by atomic mass is 16.7. The molecule has 0 fully saturated rings. The van der Waals surface area contributed by atoms with E-state index in [4.69, 9.17) is 14.2 Å². The van der Waals surface area contributed by atoms with E-state index >= 15 is 0 Å². The number of likely N-dealkylation sites (N-methyl/N-ethyl adjacent to an activating group) is 1. The average molecular weight is 372 g/mol. The van der Waals surface area contributed by atoms with Crippen LogP contribution in [0.5, 0.6) is 11.5 Å². The molecule has 1 amide bonds. The van der Waals surface area contributed by atoms with Gasteiger partial charge in [-0.05, 0) is 0 Å². The van der Waals surface area contributed by atoms with Crippen LogP contribution in [0.2, 0.25) is 0 Å². The number of carbonyl (C=O) groups excluding carboxylic acids is 2. The largest absolute Gasteiger partial charge is 0.454 e. The van der Waals surface area contributed by atoms with Gasteiger partial charge in [0, 0.05) is 25.7 Å². The Balaban J connectivity index is 1.97. The van der Waals surface area contributed by atoms with Crippen LogP contribution in [0.1, 0.15) is 22.0 Å². The highest BCUT2D eigenvalue weighted by molar-refractivity contribution is 5.97. The first-order valence-corrected chi connectivity index (χ1v) is 7.93. The molecule has 140 valence electrons. The second-order valence-corrected chi connectivity index (χ2v) is 5.91. The maximum Gasteiger partial charge on any atom is 0.346 e. The molecule has 27 heavy (non-hydrogen) atoms. The van der Waals surface area contributed by atoms with Gasteiger partial charge in [-0.25, -0.2) is 4.79 Å². The van der Waals surface area contributed by atoms with Crippen molar-refractivity contribution in [3.8, 4) is 11.5 Å². The Bertz CT molecular complexity index is 896. The van der Waals surface area contributed by atoms with Gasteiger partial charge in [-0.2, -0.15) is 0 Å². The van der Waals surface area contributed by atoms with Crippen molar-refractivity contribution in [3.63, 3.8) is 0 Å². The number of nitrogens with zero attached hydrogens (tertiary/aromatic N) is 2. The van der Waals surface area contributed by atoms with Gasteiger partial charge in [-0.1, -0.05) is 30.3 Å². The molecule has 2 aromatic rings. The standard InChI is InChI=1S/C18H16N2O7/c1-19(2)17(21)16(11-6-4-3-5-7-11)27-18(22)12-8-14-15(26-10-25-14)9-13(12)20(23)24/h3-9,16H,10H2,1-2H3. The summed E-state index contributed by atoms with van der Waals surface area (Å²) in [5.41, 5.74) is -0.363. The van der Waals surface area contributed by atoms with E-state index in [-0.39, 0.29) is 23.9 Å². The van der Waals surface area contributed by atoms with Gasteiger partial charge in [0.1, 0.15) is 5.56 Å². The third-order valence-corrected chi connectivity index (χ3v) is 3.90. The van der Waals surface area contributed by atoms with Crippen molar-refractivity contribution in [1.82, 2.24) is 4.90 Å². The number of nitro groups is 1. The molecule has 0 aliphatic carbocycles. The molecule has 3 rings (SSSR count). The molecular formula is C18H16N2O7. The van der Waals surface area contributed by atoms with E-state index in [9.17, 15) is 19.7 Å². The number of amides is 1. The normalized spacial score (nSPS) is 13.0. The van der Waals surface area contributed by atoms with Crippen molar-refractivity contribution in [2.45, 2.75) is 6.10 Å². The molecule has 0 N–H and O–H groups in total. The SMILES string of the molecule is CN(C)C(=O)C(OC(=O)c1cc2c(cc1[N+](=O)[O-])OCO2)c1ccccc1. The van der Waals surface area contributed by atoms with Crippen molar-refractivity contribution in [2.75, 3.05) is 20.9 Å². The van der Waals surface area contributed by atoms with Gasteiger partial charge in [0.15, 0.2) is 11.5 Å². The molecule has 0 saturated heterocycles. The van der Waals surface area contributed by atoms with Gasteiger partial charge in [0.2, 0.25) is 12.9 Å². The first kappa shape index (κ1) is 18.2. The number of benzene rings is 2. The summed E-state index contributed by atoms with van der Waals surface area (Å²) in [5.74, 6) is -1.12. The molecule has 1 aliphatic heterocycles. The summed E-state index contributed by atoms with van der Waals surface area (Å²) in [6.45, 7) is -0.100. The molecule has 9 heteroatoms. The summed E-state index contributed by atoms with van der Waals surface area (Å²) < 4.78 is 15.6. The Labute approximate surface area is 154 Å². The van der Waals surface area contributed by atoms with Crippen LogP contribution in [0.25, 0.3) is 0 Å². The van der Waals surface area contributed by atoms with Gasteiger partial charge < -0.3 is 19.1 Å². The van der Waals surface area contributed by atoms with Crippen LogP contribution < -0.4 is 9.47 Å². The maximum absolute atomic E-state index is 12.7. The smallest absolute Gasteiger partial charge is 0.346 e. The molecule has 0 spiro atoms. The monoisotopic (exact) mass is 372 g/mol. The van der Waals surface area contributed by atoms with Crippen molar-refractivity contribution in [3.05, 3.63) is 63.7 Å². The second kappa shape index (κ2) is 7.32. The van der Waals surface area contributed by atoms with Gasteiger partial charge >= 0.3 is 5.97 Å². The molecule has 0 bridgehead atoms. The van der Waals surface area contributed by atoms with E-state index in [1.54, 1.807) is 30.3 Å². The fourth-order valence-corrected chi connectivity index (χ4v) is 2.54. The zero-order valence-electron chi connectivity index (χ0n) is 14.6. The molecule has 0 saturated carbocycles. The number of rotatable bonds is 5. The van der Waals surface area contributed by atoms with Crippen molar-refractivity contribution in [2.24, 2.45) is 0 Å². The molecule has 1 atom stereocenters. The Morgan fingerprint density at radius 1 is 1.15 bits per heavy atom. The second-order valence-electron chi connectivity index (χ2n) is 5.91. The van der Waals surface area contributed by atoms with E-state index in [0.717, 1.165) is 6.07 Å². The summed E-state index contributed by atoms with van der Waals surface area (Å²) in [4.78, 5) is 37.1. The van der Waals surface area contributed by atoms with Crippen LogP contribution in [0.4, 0.5) is 5.69 Å². The van der Waals surface area contributed by atoms with E-state index in [1.807, 2.05) is 0 Å². The van der Waals surface area contributed by atoms with E-state index in [0.29, 0.717) is 5.56 Å². The van der Waals surface area contributed by atoms with Crippen molar-refractivity contribution in [1.29, 1.82) is 0 Å². The first-order chi connectivity index (χ1) is 12.9. The van der Waals surface area contributed by atoms with Gasteiger partial charge in [-0.15, -0.1) is 0 Å². The summed E-state index contributed by atoms with van der Waals surface area (Å²) in [7, 11) is 3.05. The number of hydrogen-bond acceptors (Lipinski definition) is 7. The lowest BCUT2D eigenvalue weighted by Crippen LogP contribution is -2.31. The van der Waals surface area contributed by atoms with Crippen LogP contribution in [-0.4, -0.2) is 42.6 Å². The number of carbonyl (C=O) groups is 2. The fourth-order valence-electron chi connectivity index (χ4n) is 2.54. The quantitative estimate of drug-likeness (QED) is 0.450. The number of hydrogen-bond donors (Lipinski definition) is 0. The lowest BCUT2D eigenvalue weighted by atomic mass is 10.1. The molecule has 1 aliphatic rings. The summed E-state index contributed by atoms with van der Waals surface area (Å²) >= 11 is 0. The van der Waals surface area contributed by atoms with Crippen LogP contribution in [0.15, 0.2) is 42.5 Å². The number of nitro benzene ring substituents is 1. The lowest BCUT2D eigenvalue weighted by molar-refractivity contribution is -0.385. The van der Waals surface area contributed by atoms with Gasteiger partial charge in [0.25, 0.3) is 11.6 Å². The minimum Gasteiger partial charge on any atom is -0.454 e. The number of ether oxygens (including phenoxy) is 3. The summed E-state index contributed by atoms with van der Waals surface area (Å²) in [5, 5.41) is 11.4. The maximum atomic E-state index is 12.7. The number of esters is 1. The summed E-state index contributed by atoms with van der Waals surface area (Å²) in [6.07, 6.45) is -1.24. The topological polar surface area (TPSA) is 108 Å². The van der Waals surface area contributed by atoms with E-state index < -0.39 is 28.6 Å². The number of fused-ring (bicyclic) bond motifs is 1. The average Bonchev–Trinajstić information content (AvgIpc) is 3.12. The van der Waals surface area contributed by atoms with E-state index in [1.165, 1.54) is 25.1 Å². The van der Waals surface area contributed by atoms with Crippen molar-refractivity contribution < 1.29 is 28.7 Å². The molecule has 0 radical (unpaired) electrons. The minimum atomic E-state index is -1.24. The highest BCUT2D eigenvalue weighted by Gasteiger charge is 2.32. The predicted octanol–water partition coefficient (Wildman–Crippen LogP) is 2.31. The Hall–Kier alpha value is -3.62. The Morgan fingerprint density at radius 3 is 2.37 bits per heavy atom. The Kier molecular flexibility index (Phi) is 4.93. The third kappa shape index (κ3) is 3.66. The summed E-state index contributed by atoms with van der Waals surface area (Å²) in [6, 6.07) is 10.7. The first-order valence-electron chi connectivity index (χ1n) is 7.93. The zero-order chi connectivity index (χ0) is 19.6. The molecule has 9 nitrogen and oxygen atoms in total. The molecular weight excluding hydrogens is 356 g/mol. The fraction of sp³-hybridized carbons (Fsp3) is 0.222.